The van der Waals surface area contributed by atoms with Gasteiger partial charge in [-0.3, -0.25) is 4.79 Å². The molecule has 0 saturated carbocycles. The molecule has 0 saturated heterocycles. The molecule has 1 N–H and O–H groups in total. The third-order valence-electron chi connectivity index (χ3n) is 1.86. The van der Waals surface area contributed by atoms with Crippen LogP contribution in [-0.2, 0) is 4.79 Å². The second-order valence-corrected chi connectivity index (χ2v) is 2.68. The first kappa shape index (κ1) is 7.91. The van der Waals surface area contributed by atoms with E-state index in [1.165, 1.54) is 0 Å². The number of hydrogen-bond acceptors (Lipinski definition) is 4. The fourth-order valence-corrected chi connectivity index (χ4v) is 1.23. The van der Waals surface area contributed by atoms with Gasteiger partial charge in [0.15, 0.2) is 6.29 Å². The van der Waals surface area contributed by atoms with Crippen molar-refractivity contribution < 1.29 is 14.3 Å². The van der Waals surface area contributed by atoms with E-state index < -0.39 is 6.23 Å². The lowest BCUT2D eigenvalue weighted by molar-refractivity contribution is -0.112. The summed E-state index contributed by atoms with van der Waals surface area (Å²) in [4.78, 5) is 10.4. The number of ether oxygens (including phenoxy) is 2. The Labute approximate surface area is 75.5 Å². The molecule has 0 amide bonds. The van der Waals surface area contributed by atoms with Crippen LogP contribution in [0.5, 0.6) is 11.5 Å². The molecule has 0 aliphatic carbocycles. The molecule has 0 fully saturated rings. The Balaban J connectivity index is 2.30. The molecule has 0 radical (unpaired) electrons. The van der Waals surface area contributed by atoms with Crippen LogP contribution in [0.2, 0.25) is 0 Å². The molecule has 1 aliphatic heterocycles. The minimum Gasteiger partial charge on any atom is -0.497 e. The second kappa shape index (κ2) is 2.97. The Morgan fingerprint density at radius 1 is 1.62 bits per heavy atom. The lowest BCUT2D eigenvalue weighted by atomic mass is 10.3. The van der Waals surface area contributed by atoms with Crippen LogP contribution < -0.4 is 14.8 Å². The summed E-state index contributed by atoms with van der Waals surface area (Å²) >= 11 is 0. The van der Waals surface area contributed by atoms with Gasteiger partial charge in [0, 0.05) is 6.07 Å². The minimum absolute atomic E-state index is 0.567. The molecule has 2 rings (SSSR count). The number of aldehydes is 1. The van der Waals surface area contributed by atoms with Gasteiger partial charge in [-0.05, 0) is 12.1 Å². The van der Waals surface area contributed by atoms with Crippen molar-refractivity contribution in [3.8, 4) is 11.5 Å². The Morgan fingerprint density at radius 2 is 2.46 bits per heavy atom. The third-order valence-corrected chi connectivity index (χ3v) is 1.86. The zero-order valence-electron chi connectivity index (χ0n) is 7.11. The monoisotopic (exact) mass is 179 g/mol. The van der Waals surface area contributed by atoms with Gasteiger partial charge in [-0.25, -0.2) is 0 Å². The van der Waals surface area contributed by atoms with Gasteiger partial charge in [-0.2, -0.15) is 0 Å². The number of benzene rings is 1. The number of rotatable bonds is 2. The predicted octanol–water partition coefficient (Wildman–Crippen LogP) is 1.02. The highest BCUT2D eigenvalue weighted by Gasteiger charge is 2.20. The van der Waals surface area contributed by atoms with Gasteiger partial charge in [0.05, 0.1) is 12.8 Å². The smallest absolute Gasteiger partial charge is 0.226 e. The molecule has 0 aromatic heterocycles. The minimum atomic E-state index is -0.567. The van der Waals surface area contributed by atoms with E-state index in [1.54, 1.807) is 13.2 Å². The first-order chi connectivity index (χ1) is 6.33. The molecule has 68 valence electrons. The second-order valence-electron chi connectivity index (χ2n) is 2.68. The summed E-state index contributed by atoms with van der Waals surface area (Å²) in [6, 6.07) is 5.37. The fourth-order valence-electron chi connectivity index (χ4n) is 1.23. The van der Waals surface area contributed by atoms with Crippen molar-refractivity contribution in [1.29, 1.82) is 0 Å². The SMILES string of the molecule is COc1ccc2c(c1)OC(C=O)N2. The van der Waals surface area contributed by atoms with Crippen molar-refractivity contribution >= 4 is 12.0 Å². The van der Waals surface area contributed by atoms with Crippen LogP contribution >= 0.6 is 0 Å². The third kappa shape index (κ3) is 1.30. The molecule has 1 aromatic rings. The van der Waals surface area contributed by atoms with E-state index in [0.717, 1.165) is 5.69 Å². The first-order valence-corrected chi connectivity index (χ1v) is 3.90. The Bertz CT molecular complexity index is 338. The highest BCUT2D eigenvalue weighted by atomic mass is 16.5. The van der Waals surface area contributed by atoms with E-state index in [2.05, 4.69) is 5.32 Å². The van der Waals surface area contributed by atoms with Crippen LogP contribution in [0.25, 0.3) is 0 Å². The average molecular weight is 179 g/mol. The van der Waals surface area contributed by atoms with Gasteiger partial charge in [0.2, 0.25) is 6.23 Å². The Morgan fingerprint density at radius 3 is 3.15 bits per heavy atom. The van der Waals surface area contributed by atoms with Crippen molar-refractivity contribution in [3.05, 3.63) is 18.2 Å². The molecule has 13 heavy (non-hydrogen) atoms. The lowest BCUT2D eigenvalue weighted by Gasteiger charge is -2.01. The molecule has 1 atom stereocenters. The van der Waals surface area contributed by atoms with Crippen LogP contribution in [0.1, 0.15) is 0 Å². The summed E-state index contributed by atoms with van der Waals surface area (Å²) < 4.78 is 10.3. The van der Waals surface area contributed by atoms with Crippen molar-refractivity contribution in [2.45, 2.75) is 6.23 Å². The predicted molar refractivity (Wildman–Crippen MR) is 47.1 cm³/mol. The van der Waals surface area contributed by atoms with E-state index in [4.69, 9.17) is 9.47 Å². The van der Waals surface area contributed by atoms with Crippen LogP contribution in [0.15, 0.2) is 18.2 Å². The maximum atomic E-state index is 10.4. The van der Waals surface area contributed by atoms with Gasteiger partial charge in [0.25, 0.3) is 0 Å². The largest absolute Gasteiger partial charge is 0.497 e. The molecular formula is C9H9NO3. The van der Waals surface area contributed by atoms with Crippen LogP contribution in [-0.4, -0.2) is 19.6 Å². The van der Waals surface area contributed by atoms with Crippen molar-refractivity contribution in [2.75, 3.05) is 12.4 Å². The molecular weight excluding hydrogens is 170 g/mol. The summed E-state index contributed by atoms with van der Waals surface area (Å²) in [5.41, 5.74) is 0.818. The van der Waals surface area contributed by atoms with Crippen molar-refractivity contribution in [3.63, 3.8) is 0 Å². The van der Waals surface area contributed by atoms with Crippen molar-refractivity contribution in [2.24, 2.45) is 0 Å². The molecule has 4 heteroatoms. The van der Waals surface area contributed by atoms with E-state index in [1.807, 2.05) is 12.1 Å². The standard InChI is InChI=1S/C9H9NO3/c1-12-6-2-3-7-8(4-6)13-9(5-11)10-7/h2-5,9-10H,1H3. The van der Waals surface area contributed by atoms with E-state index in [0.29, 0.717) is 17.8 Å². The topological polar surface area (TPSA) is 47.6 Å². The Hall–Kier alpha value is -1.71. The maximum Gasteiger partial charge on any atom is 0.226 e. The number of anilines is 1. The number of fused-ring (bicyclic) bond motifs is 1. The average Bonchev–Trinajstić information content (AvgIpc) is 2.58. The van der Waals surface area contributed by atoms with E-state index >= 15 is 0 Å². The summed E-state index contributed by atoms with van der Waals surface area (Å²) in [6.07, 6.45) is 0.147. The summed E-state index contributed by atoms with van der Waals surface area (Å²) in [7, 11) is 1.58. The van der Waals surface area contributed by atoms with E-state index in [9.17, 15) is 4.79 Å². The van der Waals surface area contributed by atoms with Gasteiger partial charge in [-0.1, -0.05) is 0 Å². The van der Waals surface area contributed by atoms with Gasteiger partial charge < -0.3 is 14.8 Å². The number of carbonyl (C=O) groups excluding carboxylic acids is 1. The van der Waals surface area contributed by atoms with Crippen LogP contribution in [0, 0.1) is 0 Å². The highest BCUT2D eigenvalue weighted by Crippen LogP contribution is 2.34. The molecule has 4 nitrogen and oxygen atoms in total. The van der Waals surface area contributed by atoms with Crippen LogP contribution in [0.3, 0.4) is 0 Å². The number of hydrogen-bond donors (Lipinski definition) is 1. The van der Waals surface area contributed by atoms with Gasteiger partial charge in [-0.15, -0.1) is 0 Å². The van der Waals surface area contributed by atoms with Crippen molar-refractivity contribution in [1.82, 2.24) is 0 Å². The highest BCUT2D eigenvalue weighted by molar-refractivity contribution is 5.71. The summed E-state index contributed by atoms with van der Waals surface area (Å²) in [5.74, 6) is 1.36. The lowest BCUT2D eigenvalue weighted by Crippen LogP contribution is -2.20. The molecule has 0 bridgehead atoms. The molecule has 1 aliphatic rings. The zero-order chi connectivity index (χ0) is 9.26. The normalized spacial score (nSPS) is 18.4. The first-order valence-electron chi connectivity index (χ1n) is 3.90. The van der Waals surface area contributed by atoms with Crippen LogP contribution in [0.4, 0.5) is 5.69 Å². The number of nitrogens with one attached hydrogen (secondary N) is 1. The summed E-state index contributed by atoms with van der Waals surface area (Å²) in [6.45, 7) is 0. The molecule has 1 heterocycles. The van der Waals surface area contributed by atoms with Gasteiger partial charge >= 0.3 is 0 Å². The molecule has 1 unspecified atom stereocenters. The van der Waals surface area contributed by atoms with Gasteiger partial charge in [0.1, 0.15) is 11.5 Å². The summed E-state index contributed by atoms with van der Waals surface area (Å²) in [5, 5.41) is 2.89. The quantitative estimate of drug-likeness (QED) is 0.688. The number of methoxy groups -OCH3 is 1. The fraction of sp³-hybridized carbons (Fsp3) is 0.222. The zero-order valence-corrected chi connectivity index (χ0v) is 7.11. The maximum absolute atomic E-state index is 10.4. The van der Waals surface area contributed by atoms with E-state index in [-0.39, 0.29) is 0 Å². The molecule has 1 aromatic carbocycles. The molecule has 0 spiro atoms. The number of carbonyl (C=O) groups is 1. The Kier molecular flexibility index (Phi) is 1.81.